The van der Waals surface area contributed by atoms with Crippen LogP contribution in [0.25, 0.3) is 0 Å². The molecule has 2 amide bonds. The summed E-state index contributed by atoms with van der Waals surface area (Å²) in [6, 6.07) is 11.3. The Kier molecular flexibility index (Phi) is 6.60. The van der Waals surface area contributed by atoms with E-state index in [1.165, 1.54) is 30.4 Å². The molecule has 1 atom stereocenters. The van der Waals surface area contributed by atoms with Crippen LogP contribution in [0.15, 0.2) is 54.1 Å². The Hall–Kier alpha value is -2.11. The van der Waals surface area contributed by atoms with Gasteiger partial charge in [0.2, 0.25) is 0 Å². The maximum Gasteiger partial charge on any atom is 0.320 e. The Morgan fingerprint density at radius 1 is 1.09 bits per heavy atom. The molecule has 3 aliphatic carbocycles. The summed E-state index contributed by atoms with van der Waals surface area (Å²) in [5.41, 5.74) is 2.67. The van der Waals surface area contributed by atoms with Gasteiger partial charge in [-0.1, -0.05) is 55.0 Å². The molecule has 1 spiro atoms. The molecule has 1 aromatic rings. The molecule has 34 heavy (non-hydrogen) atoms. The third kappa shape index (κ3) is 4.22. The van der Waals surface area contributed by atoms with E-state index in [1.54, 1.807) is 7.11 Å². The average molecular weight is 464 g/mol. The second kappa shape index (κ2) is 9.50. The number of nitrogens with zero attached hydrogens (tertiary/aromatic N) is 3. The maximum absolute atomic E-state index is 13.8. The molecule has 1 aromatic carbocycles. The second-order valence-corrected chi connectivity index (χ2v) is 11.2. The van der Waals surface area contributed by atoms with Crippen molar-refractivity contribution in [3.63, 3.8) is 0 Å². The lowest BCUT2D eigenvalue weighted by molar-refractivity contribution is 0.0160. The second-order valence-electron chi connectivity index (χ2n) is 11.2. The van der Waals surface area contributed by atoms with Crippen LogP contribution in [0.2, 0.25) is 0 Å². The number of carbonyl (C=O) groups excluding carboxylic acids is 1. The van der Waals surface area contributed by atoms with Crippen molar-refractivity contribution in [3.8, 4) is 0 Å². The van der Waals surface area contributed by atoms with Gasteiger partial charge in [0.1, 0.15) is 0 Å². The number of amides is 2. The molecule has 5 nitrogen and oxygen atoms in total. The standard InChI is InChI=1S/C29H41N3O2/c1-30(2)29(25-10-5-4-6-11-25)18-16-28(17-19-29)22-31(20-24-12-14-26(34-3)15-13-24)27(33)32(28)21-23-8-7-9-23/h4-6,10-14,23,26H,7-9,15-22H2,1-3H3. The minimum atomic E-state index is -0.0328. The molecular formula is C29H41N3O2. The first-order valence-corrected chi connectivity index (χ1v) is 13.2. The van der Waals surface area contributed by atoms with E-state index >= 15 is 0 Å². The third-order valence-electron chi connectivity index (χ3n) is 9.21. The molecule has 0 aromatic heterocycles. The van der Waals surface area contributed by atoms with Gasteiger partial charge in [-0.05, 0) is 76.1 Å². The summed E-state index contributed by atoms with van der Waals surface area (Å²) in [6.07, 6.45) is 15.8. The van der Waals surface area contributed by atoms with Crippen LogP contribution in [0, 0.1) is 5.92 Å². The molecule has 0 radical (unpaired) electrons. The van der Waals surface area contributed by atoms with Crippen molar-refractivity contribution in [1.82, 2.24) is 14.7 Å². The molecule has 1 saturated heterocycles. The predicted octanol–water partition coefficient (Wildman–Crippen LogP) is 5.20. The van der Waals surface area contributed by atoms with Crippen LogP contribution in [0.5, 0.6) is 0 Å². The first-order chi connectivity index (χ1) is 16.5. The fourth-order valence-corrected chi connectivity index (χ4v) is 6.67. The number of carbonyl (C=O) groups is 1. The molecule has 1 aliphatic heterocycles. The lowest BCUT2D eigenvalue weighted by Crippen LogP contribution is -2.56. The predicted molar refractivity (Wildman–Crippen MR) is 137 cm³/mol. The first-order valence-electron chi connectivity index (χ1n) is 13.2. The SMILES string of the molecule is COC1C=CC(CN2CC3(CCC(c4ccccc4)(N(C)C)CC3)N(CC3CCC3)C2=O)=CC1. The van der Waals surface area contributed by atoms with Crippen LogP contribution < -0.4 is 0 Å². The molecule has 5 rings (SSSR count). The summed E-state index contributed by atoms with van der Waals surface area (Å²) in [4.78, 5) is 20.6. The molecule has 2 saturated carbocycles. The van der Waals surface area contributed by atoms with Gasteiger partial charge >= 0.3 is 6.03 Å². The summed E-state index contributed by atoms with van der Waals surface area (Å²) in [7, 11) is 6.20. The molecular weight excluding hydrogens is 422 g/mol. The zero-order valence-electron chi connectivity index (χ0n) is 21.2. The highest BCUT2D eigenvalue weighted by Gasteiger charge is 2.54. The van der Waals surface area contributed by atoms with Crippen LogP contribution >= 0.6 is 0 Å². The van der Waals surface area contributed by atoms with Gasteiger partial charge in [0.25, 0.3) is 0 Å². The zero-order chi connectivity index (χ0) is 23.8. The zero-order valence-corrected chi connectivity index (χ0v) is 21.2. The average Bonchev–Trinajstić information content (AvgIpc) is 3.08. The number of urea groups is 1. The van der Waals surface area contributed by atoms with Gasteiger partial charge in [-0.3, -0.25) is 4.90 Å². The van der Waals surface area contributed by atoms with Gasteiger partial charge in [-0.25, -0.2) is 4.79 Å². The van der Waals surface area contributed by atoms with Crippen molar-refractivity contribution in [2.24, 2.45) is 5.92 Å². The highest BCUT2D eigenvalue weighted by molar-refractivity contribution is 5.79. The Morgan fingerprint density at radius 3 is 2.38 bits per heavy atom. The number of hydrogen-bond acceptors (Lipinski definition) is 3. The molecule has 0 bridgehead atoms. The van der Waals surface area contributed by atoms with Gasteiger partial charge in [0, 0.05) is 32.3 Å². The fraction of sp³-hybridized carbons (Fsp3) is 0.621. The number of methoxy groups -OCH3 is 1. The quantitative estimate of drug-likeness (QED) is 0.558. The monoisotopic (exact) mass is 463 g/mol. The Labute approximate surface area is 205 Å². The minimum absolute atomic E-state index is 0.0328. The maximum atomic E-state index is 13.8. The number of ether oxygens (including phenoxy) is 1. The van der Waals surface area contributed by atoms with E-state index in [0.717, 1.165) is 45.2 Å². The van der Waals surface area contributed by atoms with Crippen molar-refractivity contribution < 1.29 is 9.53 Å². The molecule has 4 aliphatic rings. The van der Waals surface area contributed by atoms with Crippen LogP contribution in [0.1, 0.15) is 56.9 Å². The van der Waals surface area contributed by atoms with E-state index in [1.807, 2.05) is 0 Å². The summed E-state index contributed by atoms with van der Waals surface area (Å²) in [6.45, 7) is 2.51. The van der Waals surface area contributed by atoms with Crippen molar-refractivity contribution in [2.45, 2.75) is 68.5 Å². The topological polar surface area (TPSA) is 36.0 Å². The summed E-state index contributed by atoms with van der Waals surface area (Å²) in [5.74, 6) is 0.687. The number of rotatable bonds is 7. The minimum Gasteiger partial charge on any atom is -0.377 e. The van der Waals surface area contributed by atoms with E-state index in [2.05, 4.69) is 77.4 Å². The molecule has 1 unspecified atom stereocenters. The van der Waals surface area contributed by atoms with Gasteiger partial charge in [-0.15, -0.1) is 0 Å². The summed E-state index contributed by atoms with van der Waals surface area (Å²) >= 11 is 0. The van der Waals surface area contributed by atoms with Crippen molar-refractivity contribution in [2.75, 3.05) is 40.8 Å². The van der Waals surface area contributed by atoms with Crippen molar-refractivity contribution >= 4 is 6.03 Å². The van der Waals surface area contributed by atoms with Gasteiger partial charge in [0.05, 0.1) is 11.6 Å². The van der Waals surface area contributed by atoms with Crippen LogP contribution in [-0.4, -0.2) is 73.2 Å². The molecule has 1 heterocycles. The fourth-order valence-electron chi connectivity index (χ4n) is 6.67. The Bertz CT molecular complexity index is 926. The Balaban J connectivity index is 1.36. The summed E-state index contributed by atoms with van der Waals surface area (Å²) < 4.78 is 5.45. The van der Waals surface area contributed by atoms with E-state index < -0.39 is 0 Å². The van der Waals surface area contributed by atoms with E-state index in [9.17, 15) is 4.79 Å². The van der Waals surface area contributed by atoms with Gasteiger partial charge < -0.3 is 14.5 Å². The molecule has 0 N–H and O–H groups in total. The molecule has 3 fully saturated rings. The lowest BCUT2D eigenvalue weighted by Gasteiger charge is -2.51. The summed E-state index contributed by atoms with van der Waals surface area (Å²) in [5, 5.41) is 0. The molecule has 5 heteroatoms. The van der Waals surface area contributed by atoms with E-state index in [0.29, 0.717) is 12.5 Å². The van der Waals surface area contributed by atoms with Crippen LogP contribution in [0.3, 0.4) is 0 Å². The third-order valence-corrected chi connectivity index (χ3v) is 9.21. The molecule has 184 valence electrons. The highest BCUT2D eigenvalue weighted by atomic mass is 16.5. The highest BCUT2D eigenvalue weighted by Crippen LogP contribution is 2.49. The first kappa shape index (κ1) is 23.6. The van der Waals surface area contributed by atoms with Crippen LogP contribution in [0.4, 0.5) is 4.79 Å². The van der Waals surface area contributed by atoms with Crippen molar-refractivity contribution in [3.05, 3.63) is 59.7 Å². The lowest BCUT2D eigenvalue weighted by atomic mass is 9.68. The number of benzene rings is 1. The Morgan fingerprint density at radius 2 is 1.82 bits per heavy atom. The largest absolute Gasteiger partial charge is 0.377 e. The number of hydrogen-bond donors (Lipinski definition) is 0. The van der Waals surface area contributed by atoms with Gasteiger partial charge in [0.15, 0.2) is 0 Å². The van der Waals surface area contributed by atoms with E-state index in [4.69, 9.17) is 4.74 Å². The van der Waals surface area contributed by atoms with Gasteiger partial charge in [-0.2, -0.15) is 0 Å². The van der Waals surface area contributed by atoms with E-state index in [-0.39, 0.29) is 23.2 Å². The smallest absolute Gasteiger partial charge is 0.320 e. The normalized spacial score (nSPS) is 31.9. The van der Waals surface area contributed by atoms with Crippen molar-refractivity contribution in [1.29, 1.82) is 0 Å². The van der Waals surface area contributed by atoms with Crippen LogP contribution in [-0.2, 0) is 10.3 Å².